The van der Waals surface area contributed by atoms with E-state index < -0.39 is 0 Å². The Morgan fingerprint density at radius 1 is 1.10 bits per heavy atom. The lowest BCUT2D eigenvalue weighted by Gasteiger charge is -2.39. The zero-order valence-corrected chi connectivity index (χ0v) is 17.6. The van der Waals surface area contributed by atoms with E-state index >= 15 is 0 Å². The summed E-state index contributed by atoms with van der Waals surface area (Å²) in [6.07, 6.45) is 7.04. The first-order chi connectivity index (χ1) is 14.2. The Kier molecular flexibility index (Phi) is 6.12. The van der Waals surface area contributed by atoms with Crippen LogP contribution < -0.4 is 4.74 Å². The summed E-state index contributed by atoms with van der Waals surface area (Å²) in [6, 6.07) is 16.7. The van der Waals surface area contributed by atoms with Crippen molar-refractivity contribution in [3.8, 4) is 5.75 Å². The van der Waals surface area contributed by atoms with Crippen LogP contribution in [0.3, 0.4) is 0 Å². The third-order valence-electron chi connectivity index (χ3n) is 5.83. The van der Waals surface area contributed by atoms with Gasteiger partial charge in [0.15, 0.2) is 0 Å². The van der Waals surface area contributed by atoms with Gasteiger partial charge in [-0.15, -0.1) is 0 Å². The number of hydrogen-bond acceptors (Lipinski definition) is 4. The van der Waals surface area contributed by atoms with Gasteiger partial charge < -0.3 is 4.74 Å². The number of benzene rings is 1. The fourth-order valence-corrected chi connectivity index (χ4v) is 4.39. The van der Waals surface area contributed by atoms with Gasteiger partial charge >= 0.3 is 0 Å². The van der Waals surface area contributed by atoms with E-state index in [1.54, 1.807) is 7.11 Å². The van der Waals surface area contributed by atoms with Crippen molar-refractivity contribution in [2.75, 3.05) is 7.11 Å². The second-order valence-corrected chi connectivity index (χ2v) is 7.92. The van der Waals surface area contributed by atoms with Crippen molar-refractivity contribution in [3.63, 3.8) is 0 Å². The third kappa shape index (κ3) is 4.29. The SMILES string of the molecule is COc1ccc(C(C)N(Cc2ncccc2Cl)[C@H]2CCCc3cccnc32)cc1. The molecular weight excluding hydrogens is 382 g/mol. The predicted octanol–water partition coefficient (Wildman–Crippen LogP) is 5.78. The molecule has 29 heavy (non-hydrogen) atoms. The quantitative estimate of drug-likeness (QED) is 0.519. The minimum atomic E-state index is 0.178. The molecule has 0 amide bonds. The molecule has 4 nitrogen and oxygen atoms in total. The maximum absolute atomic E-state index is 6.48. The summed E-state index contributed by atoms with van der Waals surface area (Å²) < 4.78 is 5.33. The number of rotatable bonds is 6. The second kappa shape index (κ2) is 8.93. The lowest BCUT2D eigenvalue weighted by Crippen LogP contribution is -2.34. The molecule has 3 aromatic rings. The Hall–Kier alpha value is -2.43. The zero-order valence-electron chi connectivity index (χ0n) is 16.9. The Labute approximate surface area is 177 Å². The molecule has 0 spiro atoms. The number of hydrogen-bond donors (Lipinski definition) is 0. The molecule has 0 fully saturated rings. The molecule has 1 aromatic carbocycles. The molecule has 0 aliphatic heterocycles. The molecule has 0 N–H and O–H groups in total. The third-order valence-corrected chi connectivity index (χ3v) is 6.17. The number of pyridine rings is 2. The van der Waals surface area contributed by atoms with Crippen LogP contribution in [-0.2, 0) is 13.0 Å². The van der Waals surface area contributed by atoms with Crippen molar-refractivity contribution in [1.82, 2.24) is 14.9 Å². The van der Waals surface area contributed by atoms with Gasteiger partial charge in [0.05, 0.1) is 29.6 Å². The van der Waals surface area contributed by atoms with Gasteiger partial charge in [-0.05, 0) is 67.6 Å². The smallest absolute Gasteiger partial charge is 0.118 e. The Bertz CT molecular complexity index is 960. The number of halogens is 1. The highest BCUT2D eigenvalue weighted by molar-refractivity contribution is 6.31. The molecule has 0 saturated heterocycles. The van der Waals surface area contributed by atoms with E-state index in [1.807, 2.05) is 42.7 Å². The Morgan fingerprint density at radius 2 is 1.86 bits per heavy atom. The standard InChI is InChI=1S/C24H26ClN3O/c1-17(18-10-12-20(29-2)13-11-18)28(16-22-21(25)8-5-14-26-22)23-9-3-6-19-7-4-15-27-24(19)23/h4-5,7-8,10-15,17,23H,3,6,9,16H2,1-2H3/t17?,23-/m0/s1. The largest absolute Gasteiger partial charge is 0.497 e. The van der Waals surface area contributed by atoms with Crippen molar-refractivity contribution in [2.24, 2.45) is 0 Å². The predicted molar refractivity (Wildman–Crippen MR) is 116 cm³/mol. The second-order valence-electron chi connectivity index (χ2n) is 7.51. The minimum absolute atomic E-state index is 0.178. The van der Waals surface area contributed by atoms with E-state index in [0.717, 1.165) is 30.7 Å². The summed E-state index contributed by atoms with van der Waals surface area (Å²) in [7, 11) is 1.69. The molecule has 0 saturated carbocycles. The minimum Gasteiger partial charge on any atom is -0.497 e. The van der Waals surface area contributed by atoms with Gasteiger partial charge in [-0.3, -0.25) is 14.9 Å². The van der Waals surface area contributed by atoms with E-state index in [9.17, 15) is 0 Å². The summed E-state index contributed by atoms with van der Waals surface area (Å²) >= 11 is 6.48. The van der Waals surface area contributed by atoms with Crippen LogP contribution in [-0.4, -0.2) is 22.0 Å². The van der Waals surface area contributed by atoms with E-state index in [4.69, 9.17) is 21.3 Å². The molecule has 2 atom stereocenters. The number of aryl methyl sites for hydroxylation is 1. The number of nitrogens with zero attached hydrogens (tertiary/aromatic N) is 3. The summed E-state index contributed by atoms with van der Waals surface area (Å²) in [4.78, 5) is 11.8. The number of ether oxygens (including phenoxy) is 1. The van der Waals surface area contributed by atoms with Gasteiger partial charge in [0, 0.05) is 25.0 Å². The van der Waals surface area contributed by atoms with E-state index in [1.165, 1.54) is 16.8 Å². The van der Waals surface area contributed by atoms with Crippen molar-refractivity contribution < 1.29 is 4.74 Å². The number of aromatic nitrogens is 2. The van der Waals surface area contributed by atoms with E-state index in [-0.39, 0.29) is 12.1 Å². The highest BCUT2D eigenvalue weighted by atomic mass is 35.5. The van der Waals surface area contributed by atoms with Crippen LogP contribution in [0, 0.1) is 0 Å². The van der Waals surface area contributed by atoms with Gasteiger partial charge in [-0.25, -0.2) is 0 Å². The molecule has 2 aromatic heterocycles. The molecule has 150 valence electrons. The number of methoxy groups -OCH3 is 1. The molecule has 4 rings (SSSR count). The molecule has 2 heterocycles. The molecule has 1 aliphatic carbocycles. The van der Waals surface area contributed by atoms with Gasteiger partial charge in [-0.2, -0.15) is 0 Å². The van der Waals surface area contributed by atoms with E-state index in [2.05, 4.69) is 35.0 Å². The van der Waals surface area contributed by atoms with Crippen LogP contribution in [0.4, 0.5) is 0 Å². The highest BCUT2D eigenvalue weighted by Crippen LogP contribution is 2.39. The van der Waals surface area contributed by atoms with Crippen LogP contribution in [0.15, 0.2) is 60.9 Å². The Morgan fingerprint density at radius 3 is 2.62 bits per heavy atom. The van der Waals surface area contributed by atoms with Gasteiger partial charge in [0.2, 0.25) is 0 Å². The summed E-state index contributed by atoms with van der Waals surface area (Å²) in [5.41, 5.74) is 4.67. The average molecular weight is 408 g/mol. The summed E-state index contributed by atoms with van der Waals surface area (Å²) in [6.45, 7) is 2.92. The summed E-state index contributed by atoms with van der Waals surface area (Å²) in [5, 5.41) is 0.705. The topological polar surface area (TPSA) is 38.2 Å². The summed E-state index contributed by atoms with van der Waals surface area (Å²) in [5.74, 6) is 0.866. The van der Waals surface area contributed by atoms with Crippen LogP contribution in [0.1, 0.15) is 54.4 Å². The van der Waals surface area contributed by atoms with Crippen molar-refractivity contribution in [1.29, 1.82) is 0 Å². The van der Waals surface area contributed by atoms with Gasteiger partial charge in [0.1, 0.15) is 5.75 Å². The van der Waals surface area contributed by atoms with E-state index in [0.29, 0.717) is 11.6 Å². The fraction of sp³-hybridized carbons (Fsp3) is 0.333. The molecule has 0 bridgehead atoms. The van der Waals surface area contributed by atoms with Crippen molar-refractivity contribution in [3.05, 3.63) is 88.5 Å². The maximum atomic E-state index is 6.48. The number of fused-ring (bicyclic) bond motifs is 1. The lowest BCUT2D eigenvalue weighted by molar-refractivity contribution is 0.114. The monoisotopic (exact) mass is 407 g/mol. The zero-order chi connectivity index (χ0) is 20.2. The lowest BCUT2D eigenvalue weighted by atomic mass is 9.89. The molecule has 0 radical (unpaired) electrons. The molecule has 1 unspecified atom stereocenters. The normalized spacial score (nSPS) is 17.0. The van der Waals surface area contributed by atoms with Gasteiger partial charge in [-0.1, -0.05) is 29.8 Å². The van der Waals surface area contributed by atoms with Crippen LogP contribution >= 0.6 is 11.6 Å². The Balaban J connectivity index is 1.72. The molecule has 1 aliphatic rings. The van der Waals surface area contributed by atoms with Crippen molar-refractivity contribution in [2.45, 2.75) is 44.8 Å². The first kappa shape index (κ1) is 19.9. The molecule has 5 heteroatoms. The maximum Gasteiger partial charge on any atom is 0.118 e. The van der Waals surface area contributed by atoms with Crippen LogP contribution in [0.2, 0.25) is 5.02 Å². The van der Waals surface area contributed by atoms with Gasteiger partial charge in [0.25, 0.3) is 0 Å². The first-order valence-electron chi connectivity index (χ1n) is 10.1. The fourth-order valence-electron chi connectivity index (χ4n) is 4.21. The average Bonchev–Trinajstić information content (AvgIpc) is 2.78. The van der Waals surface area contributed by atoms with Crippen LogP contribution in [0.25, 0.3) is 0 Å². The van der Waals surface area contributed by atoms with Crippen molar-refractivity contribution >= 4 is 11.6 Å². The highest BCUT2D eigenvalue weighted by Gasteiger charge is 2.31. The first-order valence-corrected chi connectivity index (χ1v) is 10.5. The van der Waals surface area contributed by atoms with Crippen LogP contribution in [0.5, 0.6) is 5.75 Å². The molecular formula is C24H26ClN3O.